The summed E-state index contributed by atoms with van der Waals surface area (Å²) in [6.45, 7) is 4.45. The van der Waals surface area contributed by atoms with Gasteiger partial charge in [-0.15, -0.1) is 24.0 Å². The maximum absolute atomic E-state index is 4.28. The van der Waals surface area contributed by atoms with E-state index in [4.69, 9.17) is 0 Å². The Bertz CT molecular complexity index is 273. The van der Waals surface area contributed by atoms with Crippen LogP contribution in [0.2, 0.25) is 0 Å². The lowest BCUT2D eigenvalue weighted by Gasteiger charge is -2.24. The number of nitrogens with zero attached hydrogens (tertiary/aromatic N) is 1. The fourth-order valence-corrected chi connectivity index (χ4v) is 3.51. The van der Waals surface area contributed by atoms with Crippen molar-refractivity contribution < 1.29 is 0 Å². The second kappa shape index (κ2) is 7.82. The van der Waals surface area contributed by atoms with Crippen LogP contribution in [0.5, 0.6) is 0 Å². The summed E-state index contributed by atoms with van der Waals surface area (Å²) in [5.74, 6) is 3.27. The molecule has 0 aromatic carbocycles. The highest BCUT2D eigenvalue weighted by Gasteiger charge is 2.29. The fourth-order valence-electron chi connectivity index (χ4n) is 2.27. The van der Waals surface area contributed by atoms with Gasteiger partial charge >= 0.3 is 0 Å². The average molecular weight is 383 g/mol. The van der Waals surface area contributed by atoms with E-state index in [0.29, 0.717) is 4.75 Å². The molecular weight excluding hydrogens is 357 g/mol. The molecule has 2 N–H and O–H groups in total. The molecule has 0 bridgehead atoms. The second-order valence-corrected chi connectivity index (χ2v) is 7.17. The third-order valence-corrected chi connectivity index (χ3v) is 5.23. The van der Waals surface area contributed by atoms with Crippen molar-refractivity contribution in [3.63, 3.8) is 0 Å². The van der Waals surface area contributed by atoms with Gasteiger partial charge in [0.2, 0.25) is 0 Å². The molecule has 1 saturated heterocycles. The predicted molar refractivity (Wildman–Crippen MR) is 92.2 cm³/mol. The van der Waals surface area contributed by atoms with Crippen LogP contribution in [0.25, 0.3) is 0 Å². The molecule has 1 heterocycles. The minimum Gasteiger partial charge on any atom is -0.356 e. The first-order chi connectivity index (χ1) is 8.22. The molecule has 18 heavy (non-hydrogen) atoms. The van der Waals surface area contributed by atoms with Crippen LogP contribution in [0.4, 0.5) is 0 Å². The molecule has 0 aromatic heterocycles. The fraction of sp³-hybridized carbons (Fsp3) is 0.923. The van der Waals surface area contributed by atoms with Crippen LogP contribution in [0, 0.1) is 5.92 Å². The van der Waals surface area contributed by atoms with Crippen molar-refractivity contribution in [3.05, 3.63) is 0 Å². The maximum Gasteiger partial charge on any atom is 0.191 e. The number of nitrogens with one attached hydrogen (secondary N) is 2. The molecule has 5 heteroatoms. The van der Waals surface area contributed by atoms with Crippen LogP contribution in [0.1, 0.15) is 39.0 Å². The summed E-state index contributed by atoms with van der Waals surface area (Å²) >= 11 is 2.09. The van der Waals surface area contributed by atoms with Crippen LogP contribution >= 0.6 is 35.7 Å². The van der Waals surface area contributed by atoms with Crippen molar-refractivity contribution in [1.29, 1.82) is 0 Å². The molecule has 1 atom stereocenters. The van der Waals surface area contributed by atoms with Crippen molar-refractivity contribution in [2.75, 3.05) is 25.9 Å². The lowest BCUT2D eigenvalue weighted by molar-refractivity contribution is 0.582. The van der Waals surface area contributed by atoms with E-state index in [9.17, 15) is 0 Å². The van der Waals surface area contributed by atoms with Gasteiger partial charge in [0.15, 0.2) is 5.96 Å². The molecule has 1 saturated carbocycles. The summed E-state index contributed by atoms with van der Waals surface area (Å²) in [6.07, 6.45) is 6.85. The van der Waals surface area contributed by atoms with E-state index in [1.807, 2.05) is 7.05 Å². The summed E-state index contributed by atoms with van der Waals surface area (Å²) in [5.41, 5.74) is 0. The standard InChI is InChI=1S/C13H25N3S.HI/c1-13(7-3-9-17-13)10-16-12(14-2)15-8-6-11-4-5-11;/h11H,3-10H2,1-2H3,(H2,14,15,16);1H. The molecule has 1 unspecified atom stereocenters. The zero-order chi connectivity index (χ0) is 12.1. The summed E-state index contributed by atoms with van der Waals surface area (Å²) in [4.78, 5) is 4.28. The van der Waals surface area contributed by atoms with Gasteiger partial charge in [0.1, 0.15) is 0 Å². The van der Waals surface area contributed by atoms with Crippen LogP contribution in [-0.4, -0.2) is 36.6 Å². The van der Waals surface area contributed by atoms with Gasteiger partial charge in [0, 0.05) is 24.9 Å². The molecule has 3 nitrogen and oxygen atoms in total. The van der Waals surface area contributed by atoms with E-state index in [-0.39, 0.29) is 24.0 Å². The Balaban J connectivity index is 0.00000162. The molecule has 0 spiro atoms. The Hall–Kier alpha value is 0.350. The first kappa shape index (κ1) is 16.4. The Morgan fingerprint density at radius 1 is 1.39 bits per heavy atom. The number of guanidine groups is 1. The molecule has 1 aliphatic carbocycles. The molecule has 2 fully saturated rings. The SMILES string of the molecule is CN=C(NCCC1CC1)NCC1(C)CCCS1.I. The Labute approximate surface area is 132 Å². The molecule has 0 radical (unpaired) electrons. The van der Waals surface area contributed by atoms with Crippen LogP contribution < -0.4 is 10.6 Å². The van der Waals surface area contributed by atoms with Crippen LogP contribution in [0.15, 0.2) is 4.99 Å². The largest absolute Gasteiger partial charge is 0.356 e. The van der Waals surface area contributed by atoms with Gasteiger partial charge in [-0.25, -0.2) is 0 Å². The van der Waals surface area contributed by atoms with E-state index in [2.05, 4.69) is 34.3 Å². The minimum absolute atomic E-state index is 0. The summed E-state index contributed by atoms with van der Waals surface area (Å²) in [6, 6.07) is 0. The van der Waals surface area contributed by atoms with Gasteiger partial charge in [-0.1, -0.05) is 12.8 Å². The minimum atomic E-state index is 0. The van der Waals surface area contributed by atoms with E-state index in [1.54, 1.807) is 0 Å². The topological polar surface area (TPSA) is 36.4 Å². The van der Waals surface area contributed by atoms with E-state index < -0.39 is 0 Å². The zero-order valence-corrected chi connectivity index (χ0v) is 14.6. The average Bonchev–Trinajstić information content (AvgIpc) is 3.05. The van der Waals surface area contributed by atoms with Crippen molar-refractivity contribution >= 4 is 41.7 Å². The molecule has 1 aliphatic heterocycles. The molecular formula is C13H26IN3S. The summed E-state index contributed by atoms with van der Waals surface area (Å²) in [5, 5.41) is 6.88. The molecule has 0 amide bonds. The number of halogens is 1. The first-order valence-electron chi connectivity index (χ1n) is 6.80. The van der Waals surface area contributed by atoms with Crippen molar-refractivity contribution in [2.45, 2.75) is 43.8 Å². The third kappa shape index (κ3) is 5.55. The van der Waals surface area contributed by atoms with E-state index >= 15 is 0 Å². The Morgan fingerprint density at radius 2 is 2.17 bits per heavy atom. The third-order valence-electron chi connectivity index (χ3n) is 3.70. The quantitative estimate of drug-likeness (QED) is 0.436. The molecule has 0 aromatic rings. The van der Waals surface area contributed by atoms with Gasteiger partial charge < -0.3 is 10.6 Å². The van der Waals surface area contributed by atoms with Crippen molar-refractivity contribution in [2.24, 2.45) is 10.9 Å². The lowest BCUT2D eigenvalue weighted by Crippen LogP contribution is -2.43. The summed E-state index contributed by atoms with van der Waals surface area (Å²) < 4.78 is 0.411. The smallest absolute Gasteiger partial charge is 0.191 e. The van der Waals surface area contributed by atoms with Crippen molar-refractivity contribution in [1.82, 2.24) is 10.6 Å². The van der Waals surface area contributed by atoms with Gasteiger partial charge in [0.05, 0.1) is 0 Å². The number of hydrogen-bond acceptors (Lipinski definition) is 2. The molecule has 2 rings (SSSR count). The highest BCUT2D eigenvalue weighted by Crippen LogP contribution is 2.36. The maximum atomic E-state index is 4.28. The monoisotopic (exact) mass is 383 g/mol. The van der Waals surface area contributed by atoms with Crippen molar-refractivity contribution in [3.8, 4) is 0 Å². The van der Waals surface area contributed by atoms with Gasteiger partial charge in [-0.3, -0.25) is 4.99 Å². The lowest BCUT2D eigenvalue weighted by atomic mass is 10.1. The Kier molecular flexibility index (Phi) is 7.13. The Morgan fingerprint density at radius 3 is 2.72 bits per heavy atom. The number of thioether (sulfide) groups is 1. The first-order valence-corrected chi connectivity index (χ1v) is 7.79. The highest BCUT2D eigenvalue weighted by atomic mass is 127. The van der Waals surface area contributed by atoms with Gasteiger partial charge in [-0.2, -0.15) is 11.8 Å². The van der Waals surface area contributed by atoms with E-state index in [0.717, 1.165) is 25.0 Å². The highest BCUT2D eigenvalue weighted by molar-refractivity contribution is 14.0. The van der Waals surface area contributed by atoms with E-state index in [1.165, 1.54) is 37.9 Å². The van der Waals surface area contributed by atoms with Crippen LogP contribution in [0.3, 0.4) is 0 Å². The molecule has 2 aliphatic rings. The number of hydrogen-bond donors (Lipinski definition) is 2. The summed E-state index contributed by atoms with van der Waals surface area (Å²) in [7, 11) is 1.86. The second-order valence-electron chi connectivity index (χ2n) is 5.49. The van der Waals surface area contributed by atoms with Gasteiger partial charge in [0.25, 0.3) is 0 Å². The number of rotatable bonds is 5. The number of aliphatic imine (C=N–C) groups is 1. The van der Waals surface area contributed by atoms with Crippen LogP contribution in [-0.2, 0) is 0 Å². The predicted octanol–water partition coefficient (Wildman–Crippen LogP) is 2.86. The normalized spacial score (nSPS) is 27.8. The zero-order valence-electron chi connectivity index (χ0n) is 11.5. The molecule has 106 valence electrons. The van der Waals surface area contributed by atoms with Gasteiger partial charge in [-0.05, 0) is 37.9 Å².